The number of carbonyl (C=O) groups is 1. The first kappa shape index (κ1) is 15.7. The van der Waals surface area contributed by atoms with Crippen molar-refractivity contribution in [1.29, 1.82) is 0 Å². The van der Waals surface area contributed by atoms with Crippen molar-refractivity contribution in [2.45, 2.75) is 38.4 Å². The number of carbonyl (C=O) groups excluding carboxylic acids is 1. The molecular formula is C18H24N4O. The van der Waals surface area contributed by atoms with Gasteiger partial charge < -0.3 is 10.2 Å². The predicted molar refractivity (Wildman–Crippen MR) is 89.9 cm³/mol. The van der Waals surface area contributed by atoms with Crippen LogP contribution < -0.4 is 5.32 Å². The molecule has 0 unspecified atom stereocenters. The van der Waals surface area contributed by atoms with Gasteiger partial charge in [-0.1, -0.05) is 30.3 Å². The summed E-state index contributed by atoms with van der Waals surface area (Å²) in [7, 11) is 3.55. The van der Waals surface area contributed by atoms with Crippen LogP contribution in [0.15, 0.2) is 36.5 Å². The molecule has 3 rings (SSSR count). The van der Waals surface area contributed by atoms with Gasteiger partial charge in [0.25, 0.3) is 0 Å². The van der Waals surface area contributed by atoms with Gasteiger partial charge in [0.15, 0.2) is 0 Å². The molecule has 1 amide bonds. The zero-order chi connectivity index (χ0) is 16.2. The summed E-state index contributed by atoms with van der Waals surface area (Å²) in [5.74, 6) is 0.0682. The molecule has 1 N–H and O–H groups in total. The molecule has 1 aromatic heterocycles. The highest BCUT2D eigenvalue weighted by Crippen LogP contribution is 2.28. The van der Waals surface area contributed by atoms with E-state index in [-0.39, 0.29) is 11.9 Å². The molecule has 2 aromatic rings. The number of benzene rings is 1. The Balaban J connectivity index is 1.69. The van der Waals surface area contributed by atoms with Crippen LogP contribution in [0.2, 0.25) is 0 Å². The summed E-state index contributed by atoms with van der Waals surface area (Å²) < 4.78 is 1.79. The van der Waals surface area contributed by atoms with E-state index in [1.807, 2.05) is 12.3 Å². The van der Waals surface area contributed by atoms with Crippen LogP contribution in [0, 0.1) is 0 Å². The Morgan fingerprint density at radius 1 is 1.35 bits per heavy atom. The van der Waals surface area contributed by atoms with Crippen LogP contribution >= 0.6 is 0 Å². The Bertz CT molecular complexity index is 663. The molecule has 1 atom stereocenters. The number of likely N-dealkylation sites (N-methyl/N-ethyl adjacent to an activating group) is 1. The maximum atomic E-state index is 11.9. The average Bonchev–Trinajstić information content (AvgIpc) is 2.96. The topological polar surface area (TPSA) is 50.2 Å². The molecule has 1 aromatic carbocycles. The van der Waals surface area contributed by atoms with Crippen LogP contribution in [-0.2, 0) is 24.3 Å². The molecule has 0 saturated carbocycles. The fourth-order valence-electron chi connectivity index (χ4n) is 2.99. The van der Waals surface area contributed by atoms with Gasteiger partial charge in [0.05, 0.1) is 11.7 Å². The third-order valence-electron chi connectivity index (χ3n) is 4.33. The van der Waals surface area contributed by atoms with Crippen molar-refractivity contribution in [1.82, 2.24) is 20.0 Å². The van der Waals surface area contributed by atoms with Crippen molar-refractivity contribution < 1.29 is 4.79 Å². The highest BCUT2D eigenvalue weighted by Gasteiger charge is 2.24. The molecule has 1 heterocycles. The Kier molecular flexibility index (Phi) is 4.76. The van der Waals surface area contributed by atoms with E-state index in [2.05, 4.69) is 34.7 Å². The first-order valence-electron chi connectivity index (χ1n) is 8.17. The molecule has 0 radical (unpaired) electrons. The second kappa shape index (κ2) is 6.96. The molecule has 1 aliphatic rings. The van der Waals surface area contributed by atoms with E-state index in [4.69, 9.17) is 0 Å². The van der Waals surface area contributed by atoms with Gasteiger partial charge >= 0.3 is 0 Å². The van der Waals surface area contributed by atoms with Crippen LogP contribution in [0.5, 0.6) is 0 Å². The first-order valence-corrected chi connectivity index (χ1v) is 8.17. The Morgan fingerprint density at radius 2 is 2.13 bits per heavy atom. The van der Waals surface area contributed by atoms with E-state index >= 15 is 0 Å². The van der Waals surface area contributed by atoms with E-state index in [1.54, 1.807) is 23.7 Å². The summed E-state index contributed by atoms with van der Waals surface area (Å²) in [6.45, 7) is 1.15. The molecule has 0 spiro atoms. The normalized spacial score (nSPS) is 16.9. The number of nitrogens with one attached hydrogen (secondary N) is 1. The second-order valence-electron chi connectivity index (χ2n) is 6.34. The molecule has 0 aliphatic heterocycles. The number of hydrogen-bond donors (Lipinski definition) is 1. The number of rotatable bonds is 5. The molecule has 5 nitrogen and oxygen atoms in total. The predicted octanol–water partition coefficient (Wildman–Crippen LogP) is 2.14. The lowest BCUT2D eigenvalue weighted by Crippen LogP contribution is -2.27. The zero-order valence-electron chi connectivity index (χ0n) is 13.8. The first-order chi connectivity index (χ1) is 11.1. The van der Waals surface area contributed by atoms with Crippen LogP contribution in [0.1, 0.15) is 35.7 Å². The maximum absolute atomic E-state index is 11.9. The van der Waals surface area contributed by atoms with Crippen molar-refractivity contribution in [2.75, 3.05) is 14.1 Å². The van der Waals surface area contributed by atoms with Gasteiger partial charge in [0.2, 0.25) is 5.91 Å². The zero-order valence-corrected chi connectivity index (χ0v) is 13.8. The largest absolute Gasteiger partial charge is 0.347 e. The summed E-state index contributed by atoms with van der Waals surface area (Å²) in [6, 6.07) is 10.7. The van der Waals surface area contributed by atoms with Crippen molar-refractivity contribution in [3.63, 3.8) is 0 Å². The van der Waals surface area contributed by atoms with Crippen LogP contribution in [0.3, 0.4) is 0 Å². The van der Waals surface area contributed by atoms with Gasteiger partial charge in [-0.3, -0.25) is 9.48 Å². The lowest BCUT2D eigenvalue weighted by atomic mass is 9.93. The highest BCUT2D eigenvalue weighted by molar-refractivity contribution is 5.75. The van der Waals surface area contributed by atoms with E-state index in [1.165, 1.54) is 11.1 Å². The van der Waals surface area contributed by atoms with Crippen molar-refractivity contribution in [3.05, 3.63) is 53.3 Å². The third-order valence-corrected chi connectivity index (χ3v) is 4.33. The van der Waals surface area contributed by atoms with Gasteiger partial charge in [-0.05, 0) is 30.4 Å². The smallest absolute Gasteiger partial charge is 0.243 e. The summed E-state index contributed by atoms with van der Waals surface area (Å²) in [5, 5.41) is 8.29. The summed E-state index contributed by atoms with van der Waals surface area (Å²) in [6.07, 6.45) is 5.34. The van der Waals surface area contributed by atoms with Crippen LogP contribution in [0.25, 0.3) is 0 Å². The summed E-state index contributed by atoms with van der Waals surface area (Å²) in [4.78, 5) is 13.5. The number of aromatic nitrogens is 2. The Morgan fingerprint density at radius 3 is 2.87 bits per heavy atom. The minimum Gasteiger partial charge on any atom is -0.347 e. The average molecular weight is 312 g/mol. The molecule has 0 saturated heterocycles. The number of fused-ring (bicyclic) bond motifs is 1. The van der Waals surface area contributed by atoms with Crippen molar-refractivity contribution >= 4 is 5.91 Å². The number of nitrogens with zero attached hydrogens (tertiary/aromatic N) is 3. The number of hydrogen-bond acceptors (Lipinski definition) is 3. The number of amides is 1. The molecule has 1 aliphatic carbocycles. The maximum Gasteiger partial charge on any atom is 0.243 e. The summed E-state index contributed by atoms with van der Waals surface area (Å²) in [5.41, 5.74) is 3.66. The number of aryl methyl sites for hydroxylation is 1. The fraction of sp³-hybridized carbons (Fsp3) is 0.444. The van der Waals surface area contributed by atoms with Gasteiger partial charge in [-0.15, -0.1) is 0 Å². The fourth-order valence-corrected chi connectivity index (χ4v) is 2.99. The SMILES string of the molecule is CN(C)C(=O)Cn1cc2c(n1)[C@H](NCc1ccccc1)CCC2. The standard InChI is InChI=1S/C18H24N4O/c1-21(2)17(23)13-22-12-15-9-6-10-16(18(15)20-22)19-11-14-7-4-3-5-8-14/h3-5,7-8,12,16,19H,6,9-11,13H2,1-2H3/t16-/m1/s1. The van der Waals surface area contributed by atoms with Gasteiger partial charge in [-0.2, -0.15) is 5.10 Å². The van der Waals surface area contributed by atoms with Gasteiger partial charge in [-0.25, -0.2) is 0 Å². The molecule has 23 heavy (non-hydrogen) atoms. The summed E-state index contributed by atoms with van der Waals surface area (Å²) >= 11 is 0. The van der Waals surface area contributed by atoms with Crippen molar-refractivity contribution in [3.8, 4) is 0 Å². The highest BCUT2D eigenvalue weighted by atomic mass is 16.2. The quantitative estimate of drug-likeness (QED) is 0.920. The van der Waals surface area contributed by atoms with Crippen LogP contribution in [-0.4, -0.2) is 34.7 Å². The molecule has 122 valence electrons. The van der Waals surface area contributed by atoms with Crippen molar-refractivity contribution in [2.24, 2.45) is 0 Å². The minimum absolute atomic E-state index is 0.0682. The van der Waals surface area contributed by atoms with E-state index < -0.39 is 0 Å². The molecule has 0 fully saturated rings. The van der Waals surface area contributed by atoms with Gasteiger partial charge in [0.1, 0.15) is 6.54 Å². The Hall–Kier alpha value is -2.14. The van der Waals surface area contributed by atoms with Gasteiger partial charge in [0, 0.05) is 26.8 Å². The monoisotopic (exact) mass is 312 g/mol. The lowest BCUT2D eigenvalue weighted by Gasteiger charge is -2.22. The molecular weight excluding hydrogens is 288 g/mol. The minimum atomic E-state index is 0.0682. The van der Waals surface area contributed by atoms with Crippen LogP contribution in [0.4, 0.5) is 0 Å². The molecule has 0 bridgehead atoms. The molecule has 5 heteroatoms. The van der Waals surface area contributed by atoms with E-state index in [0.29, 0.717) is 6.54 Å². The third kappa shape index (κ3) is 3.79. The van der Waals surface area contributed by atoms with E-state index in [9.17, 15) is 4.79 Å². The second-order valence-corrected chi connectivity index (χ2v) is 6.34. The lowest BCUT2D eigenvalue weighted by molar-refractivity contribution is -0.129. The van der Waals surface area contributed by atoms with E-state index in [0.717, 1.165) is 31.5 Å². The Labute approximate surface area is 137 Å².